The quantitative estimate of drug-likeness (QED) is 0.638. The van der Waals surface area contributed by atoms with Crippen LogP contribution in [0.1, 0.15) is 71.1 Å². The number of hydrogen-bond donors (Lipinski definition) is 3. The van der Waals surface area contributed by atoms with E-state index in [0.717, 1.165) is 57.3 Å². The van der Waals surface area contributed by atoms with E-state index in [2.05, 4.69) is 27.8 Å². The molecule has 0 spiro atoms. The zero-order chi connectivity index (χ0) is 20.9. The number of ether oxygens (including phenoxy) is 1. The molecule has 0 aromatic carbocycles. The maximum Gasteiger partial charge on any atom is 0.225 e. The van der Waals surface area contributed by atoms with Gasteiger partial charge in [-0.3, -0.25) is 20.7 Å². The van der Waals surface area contributed by atoms with Gasteiger partial charge in [0.25, 0.3) is 0 Å². The average molecular weight is 421 g/mol. The van der Waals surface area contributed by atoms with E-state index in [4.69, 9.17) is 4.74 Å². The summed E-state index contributed by atoms with van der Waals surface area (Å²) in [6, 6.07) is 0.439. The highest BCUT2D eigenvalue weighted by Crippen LogP contribution is 2.32. The molecule has 0 radical (unpaired) electrons. The molecule has 172 valence electrons. The van der Waals surface area contributed by atoms with Crippen LogP contribution >= 0.6 is 0 Å². The smallest absolute Gasteiger partial charge is 0.225 e. The highest BCUT2D eigenvalue weighted by Gasteiger charge is 2.34. The molecule has 2 saturated heterocycles. The summed E-state index contributed by atoms with van der Waals surface area (Å²) in [5, 5.41) is 11.2. The van der Waals surface area contributed by atoms with E-state index >= 15 is 0 Å². The highest BCUT2D eigenvalue weighted by atomic mass is 16.5. The Labute approximate surface area is 183 Å². The first kappa shape index (κ1) is 22.5. The summed E-state index contributed by atoms with van der Waals surface area (Å²) in [5.41, 5.74) is 0. The van der Waals surface area contributed by atoms with Crippen LogP contribution in [0.4, 0.5) is 0 Å². The average Bonchev–Trinajstić information content (AvgIpc) is 2.79. The summed E-state index contributed by atoms with van der Waals surface area (Å²) in [6.07, 6.45) is 12.5. The van der Waals surface area contributed by atoms with E-state index in [1.165, 1.54) is 44.9 Å². The number of nitrogens with one attached hydrogen (secondary N) is 3. The number of nitrogens with zero attached hydrogens (tertiary/aromatic N) is 1. The Morgan fingerprint density at radius 2 is 1.73 bits per heavy atom. The van der Waals surface area contributed by atoms with Gasteiger partial charge in [0.1, 0.15) is 6.29 Å². The van der Waals surface area contributed by atoms with Crippen molar-refractivity contribution in [2.75, 3.05) is 33.3 Å². The third-order valence-electron chi connectivity index (χ3n) is 8.28. The molecule has 2 saturated carbocycles. The van der Waals surface area contributed by atoms with Gasteiger partial charge in [0.05, 0.1) is 6.10 Å². The first-order chi connectivity index (χ1) is 14.6. The van der Waals surface area contributed by atoms with Gasteiger partial charge in [-0.05, 0) is 75.5 Å². The van der Waals surface area contributed by atoms with Crippen LogP contribution < -0.4 is 16.0 Å². The van der Waals surface area contributed by atoms with Crippen LogP contribution in [-0.2, 0) is 9.53 Å². The molecule has 3 N–H and O–H groups in total. The van der Waals surface area contributed by atoms with Crippen molar-refractivity contribution in [1.82, 2.24) is 20.9 Å². The molecule has 6 nitrogen and oxygen atoms in total. The molecule has 4 rings (SSSR count). The second-order valence-corrected chi connectivity index (χ2v) is 10.5. The molecule has 4 fully saturated rings. The molecule has 0 aromatic rings. The molecule has 2 aliphatic heterocycles. The minimum atomic E-state index is 0.186. The fraction of sp³-hybridized carbons (Fsp3) is 0.958. The van der Waals surface area contributed by atoms with Crippen molar-refractivity contribution in [3.05, 3.63) is 0 Å². The Hall–Kier alpha value is -0.690. The minimum absolute atomic E-state index is 0.186. The number of piperidine rings is 1. The lowest BCUT2D eigenvalue weighted by atomic mass is 9.78. The minimum Gasteiger partial charge on any atom is -0.381 e. The largest absolute Gasteiger partial charge is 0.381 e. The monoisotopic (exact) mass is 420 g/mol. The van der Waals surface area contributed by atoms with Crippen LogP contribution in [0.25, 0.3) is 0 Å². The van der Waals surface area contributed by atoms with E-state index in [9.17, 15) is 4.79 Å². The topological polar surface area (TPSA) is 65.6 Å². The van der Waals surface area contributed by atoms with Gasteiger partial charge in [0.2, 0.25) is 5.91 Å². The summed E-state index contributed by atoms with van der Waals surface area (Å²) in [6.45, 7) is 6.40. The zero-order valence-corrected chi connectivity index (χ0v) is 19.2. The molecule has 30 heavy (non-hydrogen) atoms. The second kappa shape index (κ2) is 10.8. The van der Waals surface area contributed by atoms with Crippen molar-refractivity contribution < 1.29 is 9.53 Å². The van der Waals surface area contributed by atoms with Crippen LogP contribution in [0.2, 0.25) is 0 Å². The Bertz CT molecular complexity index is 543. The fourth-order valence-corrected chi connectivity index (χ4v) is 6.38. The van der Waals surface area contributed by atoms with Crippen LogP contribution in [0.15, 0.2) is 0 Å². The van der Waals surface area contributed by atoms with E-state index in [0.29, 0.717) is 24.0 Å². The maximum atomic E-state index is 13.1. The number of carbonyl (C=O) groups excluding carboxylic acids is 1. The van der Waals surface area contributed by atoms with Gasteiger partial charge in [-0.1, -0.05) is 13.3 Å². The molecule has 0 aromatic heterocycles. The third kappa shape index (κ3) is 5.76. The van der Waals surface area contributed by atoms with Crippen molar-refractivity contribution in [3.8, 4) is 0 Å². The number of hydrogen-bond acceptors (Lipinski definition) is 5. The molecule has 2 heterocycles. The molecule has 3 unspecified atom stereocenters. The number of methoxy groups -OCH3 is 1. The molecule has 3 atom stereocenters. The lowest BCUT2D eigenvalue weighted by molar-refractivity contribution is -0.138. The van der Waals surface area contributed by atoms with Gasteiger partial charge in [-0.2, -0.15) is 0 Å². The predicted molar refractivity (Wildman–Crippen MR) is 120 cm³/mol. The van der Waals surface area contributed by atoms with E-state index in [1.54, 1.807) is 0 Å². The number of likely N-dealkylation sites (tertiary alicyclic amines) is 1. The predicted octanol–water partition coefficient (Wildman–Crippen LogP) is 2.69. The van der Waals surface area contributed by atoms with E-state index < -0.39 is 0 Å². The van der Waals surface area contributed by atoms with Crippen molar-refractivity contribution in [2.24, 2.45) is 23.7 Å². The SMILES string of the molecule is COC1CCC(C2CNC(NC3CCCC(C(=O)N4CCCC(C)C4)C3)NC2)CC1. The van der Waals surface area contributed by atoms with Gasteiger partial charge in [0, 0.05) is 45.2 Å². The first-order valence-corrected chi connectivity index (χ1v) is 12.7. The van der Waals surface area contributed by atoms with Crippen molar-refractivity contribution in [1.29, 1.82) is 0 Å². The first-order valence-electron chi connectivity index (χ1n) is 12.7. The molecule has 4 aliphatic rings. The standard InChI is InChI=1S/C24H44N4O2/c1-17-5-4-12-28(16-17)23(29)19-6-3-7-21(13-19)27-24-25-14-20(15-26-24)18-8-10-22(30-2)11-9-18/h17-22,24-27H,3-16H2,1-2H3. The summed E-state index contributed by atoms with van der Waals surface area (Å²) < 4.78 is 5.53. The van der Waals surface area contributed by atoms with Gasteiger partial charge in [-0.15, -0.1) is 0 Å². The Morgan fingerprint density at radius 1 is 0.967 bits per heavy atom. The van der Waals surface area contributed by atoms with Crippen LogP contribution in [0, 0.1) is 23.7 Å². The Kier molecular flexibility index (Phi) is 8.07. The van der Waals surface area contributed by atoms with Gasteiger partial charge < -0.3 is 9.64 Å². The van der Waals surface area contributed by atoms with Crippen molar-refractivity contribution in [3.63, 3.8) is 0 Å². The zero-order valence-electron chi connectivity index (χ0n) is 19.2. The van der Waals surface area contributed by atoms with Crippen molar-refractivity contribution >= 4 is 5.91 Å². The van der Waals surface area contributed by atoms with Crippen molar-refractivity contribution in [2.45, 2.75) is 89.6 Å². The van der Waals surface area contributed by atoms with E-state index in [1.807, 2.05) is 7.11 Å². The van der Waals surface area contributed by atoms with Gasteiger partial charge >= 0.3 is 0 Å². The Morgan fingerprint density at radius 3 is 2.43 bits per heavy atom. The summed E-state index contributed by atoms with van der Waals surface area (Å²) in [4.78, 5) is 15.2. The third-order valence-corrected chi connectivity index (χ3v) is 8.28. The molecule has 1 amide bonds. The molecule has 2 aliphatic carbocycles. The number of amides is 1. The summed E-state index contributed by atoms with van der Waals surface area (Å²) >= 11 is 0. The molecule has 0 bridgehead atoms. The number of rotatable bonds is 5. The summed E-state index contributed by atoms with van der Waals surface area (Å²) in [7, 11) is 1.85. The molecule has 6 heteroatoms. The second-order valence-electron chi connectivity index (χ2n) is 10.5. The lowest BCUT2D eigenvalue weighted by Crippen LogP contribution is -2.63. The van der Waals surface area contributed by atoms with Gasteiger partial charge in [-0.25, -0.2) is 0 Å². The van der Waals surface area contributed by atoms with Crippen LogP contribution in [0.5, 0.6) is 0 Å². The number of carbonyl (C=O) groups is 1. The Balaban J connectivity index is 1.19. The maximum absolute atomic E-state index is 13.1. The summed E-state index contributed by atoms with van der Waals surface area (Å²) in [5.74, 6) is 2.84. The normalized spacial score (nSPS) is 40.9. The van der Waals surface area contributed by atoms with Crippen LogP contribution in [0.3, 0.4) is 0 Å². The molecular weight excluding hydrogens is 376 g/mol. The highest BCUT2D eigenvalue weighted by molar-refractivity contribution is 5.79. The van der Waals surface area contributed by atoms with E-state index in [-0.39, 0.29) is 12.2 Å². The van der Waals surface area contributed by atoms with Crippen LogP contribution in [-0.4, -0.2) is 62.5 Å². The lowest BCUT2D eigenvalue weighted by Gasteiger charge is -2.41. The fourth-order valence-electron chi connectivity index (χ4n) is 6.38. The van der Waals surface area contributed by atoms with Gasteiger partial charge in [0.15, 0.2) is 0 Å². The molecular formula is C24H44N4O2.